The van der Waals surface area contributed by atoms with Gasteiger partial charge in [-0.05, 0) is 17.7 Å². The van der Waals surface area contributed by atoms with E-state index in [0.29, 0.717) is 0 Å². The molecule has 0 radical (unpaired) electrons. The van der Waals surface area contributed by atoms with Gasteiger partial charge in [-0.1, -0.05) is 48.5 Å². The number of rotatable bonds is 5. The standard InChI is InChI=1S/C15H15N3O2/c16-15(17-13-9-5-2-6-10-13)14(18(19)20)11-12-7-3-1-4-8-12/h1-10,17H,11,16H2. The summed E-state index contributed by atoms with van der Waals surface area (Å²) in [6, 6.07) is 18.3. The molecule has 0 unspecified atom stereocenters. The van der Waals surface area contributed by atoms with Crippen molar-refractivity contribution in [1.29, 1.82) is 0 Å². The topological polar surface area (TPSA) is 81.2 Å². The van der Waals surface area contributed by atoms with Crippen LogP contribution in [0.5, 0.6) is 0 Å². The summed E-state index contributed by atoms with van der Waals surface area (Å²) >= 11 is 0. The predicted octanol–water partition coefficient (Wildman–Crippen LogP) is 2.75. The van der Waals surface area contributed by atoms with Gasteiger partial charge < -0.3 is 11.1 Å². The van der Waals surface area contributed by atoms with Gasteiger partial charge in [-0.25, -0.2) is 0 Å². The van der Waals surface area contributed by atoms with Crippen LogP contribution in [0.2, 0.25) is 0 Å². The highest BCUT2D eigenvalue weighted by molar-refractivity contribution is 5.47. The highest BCUT2D eigenvalue weighted by Crippen LogP contribution is 2.13. The Morgan fingerprint density at radius 3 is 2.15 bits per heavy atom. The number of hydrogen-bond acceptors (Lipinski definition) is 4. The number of hydrogen-bond donors (Lipinski definition) is 2. The van der Waals surface area contributed by atoms with E-state index in [4.69, 9.17) is 5.73 Å². The van der Waals surface area contributed by atoms with E-state index in [2.05, 4.69) is 5.32 Å². The first-order valence-corrected chi connectivity index (χ1v) is 6.16. The Morgan fingerprint density at radius 1 is 1.05 bits per heavy atom. The van der Waals surface area contributed by atoms with Gasteiger partial charge >= 0.3 is 0 Å². The molecule has 0 amide bonds. The molecule has 5 nitrogen and oxygen atoms in total. The maximum absolute atomic E-state index is 11.2. The van der Waals surface area contributed by atoms with E-state index in [0.717, 1.165) is 11.3 Å². The molecule has 0 aromatic heterocycles. The molecule has 2 rings (SSSR count). The third kappa shape index (κ3) is 3.58. The first-order chi connectivity index (χ1) is 9.66. The summed E-state index contributed by atoms with van der Waals surface area (Å²) in [5, 5.41) is 14.0. The molecule has 0 aliphatic carbocycles. The van der Waals surface area contributed by atoms with Crippen molar-refractivity contribution in [3.05, 3.63) is 87.9 Å². The van der Waals surface area contributed by atoms with Crippen LogP contribution in [0.15, 0.2) is 72.2 Å². The molecule has 0 fully saturated rings. The Kier molecular flexibility index (Phi) is 4.34. The summed E-state index contributed by atoms with van der Waals surface area (Å²) in [6.07, 6.45) is 0.180. The lowest BCUT2D eigenvalue weighted by Crippen LogP contribution is -2.18. The van der Waals surface area contributed by atoms with Gasteiger partial charge in [0.1, 0.15) is 0 Å². The molecule has 0 atom stereocenters. The number of para-hydroxylation sites is 1. The third-order valence-electron chi connectivity index (χ3n) is 2.80. The van der Waals surface area contributed by atoms with E-state index in [-0.39, 0.29) is 17.9 Å². The molecule has 2 aromatic carbocycles. The van der Waals surface area contributed by atoms with Crippen LogP contribution < -0.4 is 11.1 Å². The van der Waals surface area contributed by atoms with E-state index in [1.807, 2.05) is 48.5 Å². The van der Waals surface area contributed by atoms with Crippen LogP contribution in [0.1, 0.15) is 5.56 Å². The van der Waals surface area contributed by atoms with Crippen LogP contribution in [0.25, 0.3) is 0 Å². The molecule has 3 N–H and O–H groups in total. The lowest BCUT2D eigenvalue weighted by Gasteiger charge is -2.08. The van der Waals surface area contributed by atoms with Crippen molar-refractivity contribution in [2.45, 2.75) is 6.42 Å². The van der Waals surface area contributed by atoms with E-state index in [1.54, 1.807) is 12.1 Å². The van der Waals surface area contributed by atoms with Crippen LogP contribution in [0.4, 0.5) is 5.69 Å². The Morgan fingerprint density at radius 2 is 1.60 bits per heavy atom. The summed E-state index contributed by atoms with van der Waals surface area (Å²) < 4.78 is 0. The van der Waals surface area contributed by atoms with Crippen LogP contribution in [-0.4, -0.2) is 4.92 Å². The summed E-state index contributed by atoms with van der Waals surface area (Å²) in [5.41, 5.74) is 7.35. The van der Waals surface area contributed by atoms with Crippen molar-refractivity contribution in [1.82, 2.24) is 0 Å². The molecule has 0 spiro atoms. The largest absolute Gasteiger partial charge is 0.380 e. The molecule has 0 aliphatic rings. The Labute approximate surface area is 116 Å². The Balaban J connectivity index is 2.22. The lowest BCUT2D eigenvalue weighted by atomic mass is 10.1. The van der Waals surface area contributed by atoms with Gasteiger partial charge in [0, 0.05) is 5.69 Å². The normalized spacial score (nSPS) is 11.6. The fraction of sp³-hybridized carbons (Fsp3) is 0.0667. The zero-order valence-electron chi connectivity index (χ0n) is 10.8. The van der Waals surface area contributed by atoms with Crippen molar-refractivity contribution in [3.63, 3.8) is 0 Å². The third-order valence-corrected chi connectivity index (χ3v) is 2.80. The second-order valence-corrected chi connectivity index (χ2v) is 4.27. The molecule has 102 valence electrons. The smallest absolute Gasteiger partial charge is 0.290 e. The SMILES string of the molecule is NC(Nc1ccccc1)=C(Cc1ccccc1)[N+](=O)[O-]. The average molecular weight is 269 g/mol. The predicted molar refractivity (Wildman–Crippen MR) is 78.4 cm³/mol. The first-order valence-electron chi connectivity index (χ1n) is 6.16. The number of benzene rings is 2. The van der Waals surface area contributed by atoms with Crippen LogP contribution >= 0.6 is 0 Å². The van der Waals surface area contributed by atoms with Gasteiger partial charge in [-0.2, -0.15) is 0 Å². The number of nitrogens with zero attached hydrogens (tertiary/aromatic N) is 1. The zero-order valence-corrected chi connectivity index (χ0v) is 10.8. The Bertz CT molecular complexity index is 610. The van der Waals surface area contributed by atoms with Crippen molar-refractivity contribution in [2.24, 2.45) is 5.73 Å². The minimum Gasteiger partial charge on any atom is -0.380 e. The monoisotopic (exact) mass is 269 g/mol. The zero-order chi connectivity index (χ0) is 14.4. The van der Waals surface area contributed by atoms with Gasteiger partial charge in [0.05, 0.1) is 11.3 Å². The van der Waals surface area contributed by atoms with Gasteiger partial charge in [0.25, 0.3) is 5.70 Å². The summed E-state index contributed by atoms with van der Waals surface area (Å²) in [4.78, 5) is 10.7. The van der Waals surface area contributed by atoms with E-state index in [9.17, 15) is 10.1 Å². The molecule has 5 heteroatoms. The van der Waals surface area contributed by atoms with Crippen LogP contribution in [0.3, 0.4) is 0 Å². The van der Waals surface area contributed by atoms with Crippen molar-refractivity contribution >= 4 is 5.69 Å². The fourth-order valence-corrected chi connectivity index (χ4v) is 1.80. The second kappa shape index (κ2) is 6.38. The molecule has 2 aromatic rings. The highest BCUT2D eigenvalue weighted by atomic mass is 16.6. The van der Waals surface area contributed by atoms with E-state index >= 15 is 0 Å². The molecule has 0 saturated heterocycles. The van der Waals surface area contributed by atoms with Crippen LogP contribution in [-0.2, 0) is 6.42 Å². The van der Waals surface area contributed by atoms with Gasteiger partial charge in [0.2, 0.25) is 0 Å². The minimum absolute atomic E-state index is 0.0416. The maximum Gasteiger partial charge on any atom is 0.290 e. The lowest BCUT2D eigenvalue weighted by molar-refractivity contribution is -0.428. The number of allylic oxidation sites excluding steroid dienone is 1. The van der Waals surface area contributed by atoms with E-state index < -0.39 is 4.92 Å². The van der Waals surface area contributed by atoms with Gasteiger partial charge in [0.15, 0.2) is 5.82 Å². The van der Waals surface area contributed by atoms with Crippen molar-refractivity contribution in [3.8, 4) is 0 Å². The molecule has 0 heterocycles. The summed E-state index contributed by atoms with van der Waals surface area (Å²) in [5.74, 6) is 0.0602. The molecule has 0 bridgehead atoms. The number of nitro groups is 1. The van der Waals surface area contributed by atoms with Gasteiger partial charge in [-0.15, -0.1) is 0 Å². The number of anilines is 1. The van der Waals surface area contributed by atoms with Crippen molar-refractivity contribution < 1.29 is 4.92 Å². The fourth-order valence-electron chi connectivity index (χ4n) is 1.80. The molecule has 20 heavy (non-hydrogen) atoms. The highest BCUT2D eigenvalue weighted by Gasteiger charge is 2.17. The Hall–Kier alpha value is -2.82. The number of nitrogens with two attached hydrogens (primary N) is 1. The molecular formula is C15H15N3O2. The van der Waals surface area contributed by atoms with Gasteiger partial charge in [-0.3, -0.25) is 10.1 Å². The first kappa shape index (κ1) is 13.6. The minimum atomic E-state index is -0.446. The average Bonchev–Trinajstić information content (AvgIpc) is 2.46. The second-order valence-electron chi connectivity index (χ2n) is 4.27. The number of nitrogens with one attached hydrogen (secondary N) is 1. The summed E-state index contributed by atoms with van der Waals surface area (Å²) in [6.45, 7) is 0. The molecular weight excluding hydrogens is 254 g/mol. The maximum atomic E-state index is 11.2. The van der Waals surface area contributed by atoms with E-state index in [1.165, 1.54) is 0 Å². The quantitative estimate of drug-likeness (QED) is 0.646. The summed E-state index contributed by atoms with van der Waals surface area (Å²) in [7, 11) is 0. The van der Waals surface area contributed by atoms with Crippen LogP contribution in [0, 0.1) is 10.1 Å². The van der Waals surface area contributed by atoms with Crippen molar-refractivity contribution in [2.75, 3.05) is 5.32 Å². The molecule has 0 saturated carbocycles. The molecule has 0 aliphatic heterocycles.